The molecule has 18 heavy (non-hydrogen) atoms. The molecule has 1 amide bonds. The Kier molecular flexibility index (Phi) is 3.57. The van der Waals surface area contributed by atoms with Crippen molar-refractivity contribution < 1.29 is 14.3 Å². The molecule has 0 aliphatic heterocycles. The highest BCUT2D eigenvalue weighted by Crippen LogP contribution is 2.09. The van der Waals surface area contributed by atoms with E-state index < -0.39 is 5.97 Å². The second-order valence-electron chi connectivity index (χ2n) is 3.58. The van der Waals surface area contributed by atoms with Gasteiger partial charge in [-0.2, -0.15) is 5.10 Å². The van der Waals surface area contributed by atoms with Gasteiger partial charge in [0, 0.05) is 6.20 Å². The molecule has 2 aromatic rings. The number of pyridine rings is 1. The average molecular weight is 247 g/mol. The molecular formula is C12H13N3O3. The maximum Gasteiger partial charge on any atom is 0.325 e. The summed E-state index contributed by atoms with van der Waals surface area (Å²) in [5.74, 6) is -0.799. The van der Waals surface area contributed by atoms with Gasteiger partial charge in [0.05, 0.1) is 23.9 Å². The average Bonchev–Trinajstić information content (AvgIpc) is 2.80. The van der Waals surface area contributed by atoms with E-state index >= 15 is 0 Å². The van der Waals surface area contributed by atoms with Crippen LogP contribution in [0.5, 0.6) is 0 Å². The molecule has 0 aliphatic rings. The van der Waals surface area contributed by atoms with Gasteiger partial charge in [0.1, 0.15) is 6.54 Å². The Labute approximate surface area is 104 Å². The molecule has 0 aliphatic carbocycles. The van der Waals surface area contributed by atoms with E-state index in [0.29, 0.717) is 17.7 Å². The number of rotatable bonds is 4. The molecule has 94 valence electrons. The molecule has 6 heteroatoms. The summed E-state index contributed by atoms with van der Waals surface area (Å²) in [5, 5.41) is 6.54. The second-order valence-corrected chi connectivity index (χ2v) is 3.58. The van der Waals surface area contributed by atoms with Crippen molar-refractivity contribution in [2.45, 2.75) is 6.92 Å². The second kappa shape index (κ2) is 5.31. The highest BCUT2D eigenvalue weighted by atomic mass is 16.5. The monoisotopic (exact) mass is 247 g/mol. The number of aromatic nitrogens is 2. The summed E-state index contributed by atoms with van der Waals surface area (Å²) in [6, 6.07) is 5.42. The van der Waals surface area contributed by atoms with Crippen LogP contribution in [0.4, 0.5) is 0 Å². The van der Waals surface area contributed by atoms with E-state index in [1.165, 1.54) is 6.20 Å². The van der Waals surface area contributed by atoms with Gasteiger partial charge in [-0.15, -0.1) is 0 Å². The number of carbonyl (C=O) groups is 2. The van der Waals surface area contributed by atoms with Crippen LogP contribution in [-0.2, 0) is 9.53 Å². The summed E-state index contributed by atoms with van der Waals surface area (Å²) in [7, 11) is 0. The minimum atomic E-state index is -0.456. The SMILES string of the molecule is CCOC(=O)CNC(=O)c1cnn2ccccc12. The minimum Gasteiger partial charge on any atom is -0.465 e. The number of hydrogen-bond acceptors (Lipinski definition) is 4. The Morgan fingerprint density at radius 1 is 1.44 bits per heavy atom. The number of fused-ring (bicyclic) bond motifs is 1. The quantitative estimate of drug-likeness (QED) is 0.804. The van der Waals surface area contributed by atoms with Crippen LogP contribution in [0.1, 0.15) is 17.3 Å². The number of hydrogen-bond donors (Lipinski definition) is 1. The molecule has 0 bridgehead atoms. The van der Waals surface area contributed by atoms with Gasteiger partial charge in [0.25, 0.3) is 5.91 Å². The first kappa shape index (κ1) is 12.1. The highest BCUT2D eigenvalue weighted by molar-refractivity contribution is 6.01. The van der Waals surface area contributed by atoms with E-state index in [2.05, 4.69) is 10.4 Å². The molecule has 1 N–H and O–H groups in total. The summed E-state index contributed by atoms with van der Waals surface area (Å²) in [6.45, 7) is 1.87. The summed E-state index contributed by atoms with van der Waals surface area (Å²) >= 11 is 0. The predicted octanol–water partition coefficient (Wildman–Crippen LogP) is 0.627. The zero-order chi connectivity index (χ0) is 13.0. The van der Waals surface area contributed by atoms with Crippen LogP contribution in [0.25, 0.3) is 5.52 Å². The fraction of sp³-hybridized carbons (Fsp3) is 0.250. The number of ether oxygens (including phenoxy) is 1. The molecule has 0 saturated heterocycles. The predicted molar refractivity (Wildman–Crippen MR) is 64.2 cm³/mol. The zero-order valence-electron chi connectivity index (χ0n) is 9.92. The Balaban J connectivity index is 2.07. The van der Waals surface area contributed by atoms with Crippen molar-refractivity contribution in [1.82, 2.24) is 14.9 Å². The lowest BCUT2D eigenvalue weighted by Gasteiger charge is -2.03. The van der Waals surface area contributed by atoms with Gasteiger partial charge in [-0.05, 0) is 19.1 Å². The molecule has 6 nitrogen and oxygen atoms in total. The van der Waals surface area contributed by atoms with Gasteiger partial charge in [-0.1, -0.05) is 6.07 Å². The molecular weight excluding hydrogens is 234 g/mol. The Bertz CT molecular complexity index is 577. The van der Waals surface area contributed by atoms with Crippen molar-refractivity contribution in [1.29, 1.82) is 0 Å². The van der Waals surface area contributed by atoms with Crippen molar-refractivity contribution in [2.24, 2.45) is 0 Å². The molecule has 0 saturated carbocycles. The van der Waals surface area contributed by atoms with E-state index in [-0.39, 0.29) is 12.5 Å². The van der Waals surface area contributed by atoms with Crippen molar-refractivity contribution >= 4 is 17.4 Å². The fourth-order valence-electron chi connectivity index (χ4n) is 1.57. The Morgan fingerprint density at radius 3 is 3.06 bits per heavy atom. The van der Waals surface area contributed by atoms with Gasteiger partial charge >= 0.3 is 5.97 Å². The standard InChI is InChI=1S/C12H13N3O3/c1-2-18-11(16)8-13-12(17)9-7-14-15-6-4-3-5-10(9)15/h3-7H,2,8H2,1H3,(H,13,17). The fourth-order valence-corrected chi connectivity index (χ4v) is 1.57. The summed E-state index contributed by atoms with van der Waals surface area (Å²) in [5.41, 5.74) is 1.12. The highest BCUT2D eigenvalue weighted by Gasteiger charge is 2.13. The first-order chi connectivity index (χ1) is 8.72. The topological polar surface area (TPSA) is 72.7 Å². The first-order valence-corrected chi connectivity index (χ1v) is 5.58. The van der Waals surface area contributed by atoms with Crippen LogP contribution in [0.3, 0.4) is 0 Å². The largest absolute Gasteiger partial charge is 0.465 e. The molecule has 0 fully saturated rings. The maximum atomic E-state index is 11.9. The molecule has 0 radical (unpaired) electrons. The Hall–Kier alpha value is -2.37. The normalized spacial score (nSPS) is 10.3. The number of amides is 1. The molecule has 0 atom stereocenters. The lowest BCUT2D eigenvalue weighted by atomic mass is 10.2. The van der Waals surface area contributed by atoms with Gasteiger partial charge in [-0.3, -0.25) is 9.59 Å². The van der Waals surface area contributed by atoms with Gasteiger partial charge in [0.15, 0.2) is 0 Å². The first-order valence-electron chi connectivity index (χ1n) is 5.58. The van der Waals surface area contributed by atoms with Crippen LogP contribution in [0.15, 0.2) is 30.6 Å². The number of carbonyl (C=O) groups excluding carboxylic acids is 2. The molecule has 2 aromatic heterocycles. The summed E-state index contributed by atoms with van der Waals surface area (Å²) in [4.78, 5) is 23.0. The lowest BCUT2D eigenvalue weighted by molar-refractivity contribution is -0.141. The zero-order valence-corrected chi connectivity index (χ0v) is 9.92. The minimum absolute atomic E-state index is 0.142. The van der Waals surface area contributed by atoms with E-state index in [4.69, 9.17) is 4.74 Å². The van der Waals surface area contributed by atoms with Crippen LogP contribution in [-0.4, -0.2) is 34.6 Å². The third kappa shape index (κ3) is 2.48. The number of nitrogens with one attached hydrogen (secondary N) is 1. The van der Waals surface area contributed by atoms with Crippen LogP contribution < -0.4 is 5.32 Å². The molecule has 0 aromatic carbocycles. The van der Waals surface area contributed by atoms with Crippen LogP contribution >= 0.6 is 0 Å². The van der Waals surface area contributed by atoms with Crippen molar-refractivity contribution in [2.75, 3.05) is 13.2 Å². The van der Waals surface area contributed by atoms with Gasteiger partial charge < -0.3 is 10.1 Å². The molecule has 0 unspecified atom stereocenters. The van der Waals surface area contributed by atoms with E-state index in [9.17, 15) is 9.59 Å². The molecule has 2 heterocycles. The van der Waals surface area contributed by atoms with E-state index in [0.717, 1.165) is 0 Å². The van der Waals surface area contributed by atoms with E-state index in [1.54, 1.807) is 23.7 Å². The van der Waals surface area contributed by atoms with Crippen LogP contribution in [0, 0.1) is 0 Å². The summed E-state index contributed by atoms with van der Waals surface area (Å²) < 4.78 is 6.32. The number of nitrogens with zero attached hydrogens (tertiary/aromatic N) is 2. The molecule has 2 rings (SSSR count). The number of esters is 1. The van der Waals surface area contributed by atoms with Crippen LogP contribution in [0.2, 0.25) is 0 Å². The maximum absolute atomic E-state index is 11.9. The van der Waals surface area contributed by atoms with Crippen molar-refractivity contribution in [3.8, 4) is 0 Å². The summed E-state index contributed by atoms with van der Waals surface area (Å²) in [6.07, 6.45) is 3.22. The van der Waals surface area contributed by atoms with Crippen molar-refractivity contribution in [3.63, 3.8) is 0 Å². The third-order valence-electron chi connectivity index (χ3n) is 2.37. The smallest absolute Gasteiger partial charge is 0.325 e. The Morgan fingerprint density at radius 2 is 2.28 bits per heavy atom. The third-order valence-corrected chi connectivity index (χ3v) is 2.37. The molecule has 0 spiro atoms. The van der Waals surface area contributed by atoms with E-state index in [1.807, 2.05) is 12.1 Å². The lowest BCUT2D eigenvalue weighted by Crippen LogP contribution is -2.30. The van der Waals surface area contributed by atoms with Crippen molar-refractivity contribution in [3.05, 3.63) is 36.2 Å². The van der Waals surface area contributed by atoms with Gasteiger partial charge in [-0.25, -0.2) is 4.52 Å². The van der Waals surface area contributed by atoms with Gasteiger partial charge in [0.2, 0.25) is 0 Å².